The van der Waals surface area contributed by atoms with Gasteiger partial charge in [0.15, 0.2) is 0 Å². The van der Waals surface area contributed by atoms with E-state index in [0.29, 0.717) is 11.4 Å². The average molecular weight is 375 g/mol. The number of hydrogen-bond acceptors (Lipinski definition) is 4. The highest BCUT2D eigenvalue weighted by molar-refractivity contribution is 6.05. The molecule has 1 atom stereocenters. The molecule has 0 saturated carbocycles. The van der Waals surface area contributed by atoms with Gasteiger partial charge >= 0.3 is 0 Å². The van der Waals surface area contributed by atoms with Gasteiger partial charge in [-0.05, 0) is 37.3 Å². The molecule has 3 aromatic rings. The topological polar surface area (TPSA) is 79.3 Å². The second-order valence-corrected chi connectivity index (χ2v) is 6.70. The molecule has 0 radical (unpaired) electrons. The van der Waals surface area contributed by atoms with E-state index in [-0.39, 0.29) is 30.8 Å². The van der Waals surface area contributed by atoms with E-state index < -0.39 is 0 Å². The molecular formula is C21H21N5O2. The average Bonchev–Trinajstić information content (AvgIpc) is 3.18. The fraction of sp³-hybridized carbons (Fsp3) is 0.190. The molecule has 1 aliphatic rings. The Balaban J connectivity index is 1.57. The number of benzene rings is 2. The van der Waals surface area contributed by atoms with Crippen LogP contribution in [-0.2, 0) is 9.59 Å². The van der Waals surface area contributed by atoms with Gasteiger partial charge in [-0.15, -0.1) is 0 Å². The van der Waals surface area contributed by atoms with Crippen molar-refractivity contribution >= 4 is 28.9 Å². The lowest BCUT2D eigenvalue weighted by atomic mass is 10.1. The van der Waals surface area contributed by atoms with Crippen molar-refractivity contribution in [1.82, 2.24) is 9.78 Å². The number of carbonyl (C=O) groups is 2. The van der Waals surface area contributed by atoms with Crippen LogP contribution in [0.2, 0.25) is 0 Å². The van der Waals surface area contributed by atoms with Gasteiger partial charge in [-0.3, -0.25) is 9.59 Å². The molecule has 0 saturated heterocycles. The van der Waals surface area contributed by atoms with Crippen LogP contribution in [0.4, 0.5) is 17.1 Å². The second kappa shape index (κ2) is 7.56. The van der Waals surface area contributed by atoms with Crippen molar-refractivity contribution in [1.29, 1.82) is 0 Å². The molecule has 0 fully saturated rings. The molecule has 0 unspecified atom stereocenters. The minimum Gasteiger partial charge on any atom is -0.374 e. The molecule has 0 bridgehead atoms. The Hall–Kier alpha value is -3.61. The lowest BCUT2D eigenvalue weighted by Crippen LogP contribution is -2.42. The first-order chi connectivity index (χ1) is 13.6. The number of rotatable bonds is 4. The molecule has 2 amide bonds. The quantitative estimate of drug-likeness (QED) is 0.735. The maximum Gasteiger partial charge on any atom is 0.246 e. The van der Waals surface area contributed by atoms with Gasteiger partial charge in [0.05, 0.1) is 29.3 Å². The SMILES string of the molecule is C[C@@H]1CC(=O)Nc2ccccc2N1C(=O)CNc1ccccc1-n1cccn1. The first-order valence-electron chi connectivity index (χ1n) is 9.17. The van der Waals surface area contributed by atoms with Crippen molar-refractivity contribution in [3.8, 4) is 5.69 Å². The molecule has 0 aliphatic carbocycles. The molecule has 7 nitrogen and oxygen atoms in total. The Bertz CT molecular complexity index is 1000. The molecule has 2 heterocycles. The van der Waals surface area contributed by atoms with Gasteiger partial charge in [-0.25, -0.2) is 4.68 Å². The Labute approximate surface area is 163 Å². The summed E-state index contributed by atoms with van der Waals surface area (Å²) >= 11 is 0. The second-order valence-electron chi connectivity index (χ2n) is 6.70. The number of anilines is 3. The first kappa shape index (κ1) is 17.8. The maximum atomic E-state index is 13.1. The smallest absolute Gasteiger partial charge is 0.246 e. The van der Waals surface area contributed by atoms with Gasteiger partial charge in [0.1, 0.15) is 0 Å². The van der Waals surface area contributed by atoms with E-state index in [1.807, 2.05) is 67.7 Å². The fourth-order valence-electron chi connectivity index (χ4n) is 3.46. The van der Waals surface area contributed by atoms with Crippen LogP contribution in [0.15, 0.2) is 67.0 Å². The third kappa shape index (κ3) is 3.46. The monoisotopic (exact) mass is 375 g/mol. The highest BCUT2D eigenvalue weighted by atomic mass is 16.2. The van der Waals surface area contributed by atoms with Gasteiger partial charge in [0.25, 0.3) is 0 Å². The van der Waals surface area contributed by atoms with Crippen LogP contribution in [0.25, 0.3) is 5.69 Å². The van der Waals surface area contributed by atoms with Crippen molar-refractivity contribution in [3.05, 3.63) is 67.0 Å². The molecule has 4 rings (SSSR count). The number of para-hydroxylation sites is 4. The minimum atomic E-state index is -0.237. The Morgan fingerprint density at radius 1 is 1.14 bits per heavy atom. The third-order valence-corrected chi connectivity index (χ3v) is 4.71. The van der Waals surface area contributed by atoms with Crippen LogP contribution in [0.1, 0.15) is 13.3 Å². The summed E-state index contributed by atoms with van der Waals surface area (Å²) < 4.78 is 1.75. The lowest BCUT2D eigenvalue weighted by molar-refractivity contribution is -0.118. The van der Waals surface area contributed by atoms with Crippen LogP contribution in [-0.4, -0.2) is 34.2 Å². The standard InChI is InChI=1S/C21H21N5O2/c1-15-13-20(27)24-17-8-3-5-10-19(17)26(15)21(28)14-22-16-7-2-4-9-18(16)25-12-6-11-23-25/h2-12,15,22H,13-14H2,1H3,(H,24,27)/t15-/m1/s1. The summed E-state index contributed by atoms with van der Waals surface area (Å²) in [6, 6.07) is 16.7. The third-order valence-electron chi connectivity index (χ3n) is 4.71. The van der Waals surface area contributed by atoms with E-state index in [1.165, 1.54) is 0 Å². The fourth-order valence-corrected chi connectivity index (χ4v) is 3.46. The summed E-state index contributed by atoms with van der Waals surface area (Å²) in [4.78, 5) is 26.9. The zero-order valence-electron chi connectivity index (χ0n) is 15.5. The Kier molecular flexibility index (Phi) is 4.80. The molecular weight excluding hydrogens is 354 g/mol. The van der Waals surface area contributed by atoms with Gasteiger partial charge in [0, 0.05) is 24.9 Å². The van der Waals surface area contributed by atoms with E-state index in [4.69, 9.17) is 0 Å². The number of amides is 2. The first-order valence-corrected chi connectivity index (χ1v) is 9.17. The highest BCUT2D eigenvalue weighted by Crippen LogP contribution is 2.31. The van der Waals surface area contributed by atoms with Crippen molar-refractivity contribution in [2.75, 3.05) is 22.1 Å². The minimum absolute atomic E-state index is 0.0905. The van der Waals surface area contributed by atoms with Crippen LogP contribution in [0, 0.1) is 0 Å². The largest absolute Gasteiger partial charge is 0.374 e. The van der Waals surface area contributed by atoms with Crippen molar-refractivity contribution in [3.63, 3.8) is 0 Å². The van der Waals surface area contributed by atoms with Crippen LogP contribution < -0.4 is 15.5 Å². The van der Waals surface area contributed by atoms with Gasteiger partial charge in [-0.2, -0.15) is 5.10 Å². The predicted octanol–water partition coefficient (Wildman–Crippen LogP) is 3.05. The summed E-state index contributed by atoms with van der Waals surface area (Å²) in [7, 11) is 0. The molecule has 7 heteroatoms. The lowest BCUT2D eigenvalue weighted by Gasteiger charge is -2.28. The summed E-state index contributed by atoms with van der Waals surface area (Å²) in [5.74, 6) is -0.195. The zero-order chi connectivity index (χ0) is 19.5. The number of carbonyl (C=O) groups excluding carboxylic acids is 2. The number of hydrogen-bond donors (Lipinski definition) is 2. The van der Waals surface area contributed by atoms with Crippen molar-refractivity contribution < 1.29 is 9.59 Å². The van der Waals surface area contributed by atoms with E-state index in [2.05, 4.69) is 15.7 Å². The van der Waals surface area contributed by atoms with Gasteiger partial charge in [0.2, 0.25) is 11.8 Å². The summed E-state index contributed by atoms with van der Waals surface area (Å²) in [5, 5.41) is 10.4. The van der Waals surface area contributed by atoms with Crippen molar-refractivity contribution in [2.24, 2.45) is 0 Å². The molecule has 1 aliphatic heterocycles. The summed E-state index contributed by atoms with van der Waals surface area (Å²) in [5.41, 5.74) is 3.04. The van der Waals surface area contributed by atoms with Crippen LogP contribution in [0.3, 0.4) is 0 Å². The summed E-state index contributed by atoms with van der Waals surface area (Å²) in [6.07, 6.45) is 3.82. The molecule has 142 valence electrons. The van der Waals surface area contributed by atoms with E-state index in [1.54, 1.807) is 15.8 Å². The number of nitrogens with one attached hydrogen (secondary N) is 2. The number of nitrogens with zero attached hydrogens (tertiary/aromatic N) is 3. The highest BCUT2D eigenvalue weighted by Gasteiger charge is 2.29. The molecule has 2 N–H and O–H groups in total. The van der Waals surface area contributed by atoms with Crippen LogP contribution in [0.5, 0.6) is 0 Å². The predicted molar refractivity (Wildman–Crippen MR) is 109 cm³/mol. The zero-order valence-corrected chi connectivity index (χ0v) is 15.5. The van der Waals surface area contributed by atoms with E-state index in [0.717, 1.165) is 11.4 Å². The normalized spacial score (nSPS) is 16.1. The molecule has 1 aromatic heterocycles. The van der Waals surface area contributed by atoms with E-state index in [9.17, 15) is 9.59 Å². The van der Waals surface area contributed by atoms with Crippen LogP contribution >= 0.6 is 0 Å². The molecule has 2 aromatic carbocycles. The van der Waals surface area contributed by atoms with E-state index >= 15 is 0 Å². The molecule has 0 spiro atoms. The number of fused-ring (bicyclic) bond motifs is 1. The van der Waals surface area contributed by atoms with Gasteiger partial charge in [-0.1, -0.05) is 24.3 Å². The maximum absolute atomic E-state index is 13.1. The molecule has 28 heavy (non-hydrogen) atoms. The Morgan fingerprint density at radius 3 is 2.68 bits per heavy atom. The Morgan fingerprint density at radius 2 is 1.89 bits per heavy atom. The van der Waals surface area contributed by atoms with Crippen molar-refractivity contribution in [2.45, 2.75) is 19.4 Å². The number of aromatic nitrogens is 2. The summed E-state index contributed by atoms with van der Waals surface area (Å²) in [6.45, 7) is 1.99. The van der Waals surface area contributed by atoms with Gasteiger partial charge < -0.3 is 15.5 Å².